The van der Waals surface area contributed by atoms with E-state index < -0.39 is 0 Å². The predicted molar refractivity (Wildman–Crippen MR) is 66.3 cm³/mol. The fourth-order valence-electron chi connectivity index (χ4n) is 1.75. The molecule has 1 aromatic carbocycles. The molecule has 2 rings (SSSR count). The molecule has 0 fully saturated rings. The number of anilines is 1. The minimum absolute atomic E-state index is 0.464. The van der Waals surface area contributed by atoms with Crippen LogP contribution in [0.1, 0.15) is 19.5 Å². The maximum atomic E-state index is 4.05. The quantitative estimate of drug-likeness (QED) is 0.850. The molecule has 3 nitrogen and oxygen atoms in total. The molecule has 3 heteroatoms. The van der Waals surface area contributed by atoms with Gasteiger partial charge in [-0.1, -0.05) is 18.2 Å². The van der Waals surface area contributed by atoms with Gasteiger partial charge in [0.05, 0.1) is 18.6 Å². The van der Waals surface area contributed by atoms with Gasteiger partial charge in [0.2, 0.25) is 0 Å². The number of hydrogen-bond donors (Lipinski definition) is 1. The highest BCUT2D eigenvalue weighted by molar-refractivity contribution is 5.46. The van der Waals surface area contributed by atoms with Crippen LogP contribution in [0.3, 0.4) is 0 Å². The first kappa shape index (κ1) is 10.7. The lowest BCUT2D eigenvalue weighted by Gasteiger charge is -2.28. The molecule has 0 unspecified atom stereocenters. The van der Waals surface area contributed by atoms with E-state index in [1.807, 2.05) is 12.3 Å². The molecule has 1 aromatic heterocycles. The molecular weight excluding hydrogens is 198 g/mol. The third-order valence-corrected chi connectivity index (χ3v) is 2.61. The van der Waals surface area contributed by atoms with Crippen molar-refractivity contribution in [2.45, 2.75) is 26.4 Å². The number of hydrogen-bond acceptors (Lipinski definition) is 2. The van der Waals surface area contributed by atoms with Crippen molar-refractivity contribution in [1.29, 1.82) is 0 Å². The average Bonchev–Trinajstić information content (AvgIpc) is 2.79. The Morgan fingerprint density at radius 1 is 1.25 bits per heavy atom. The Balaban J connectivity index is 2.18. The van der Waals surface area contributed by atoms with Gasteiger partial charge in [-0.05, 0) is 26.0 Å². The van der Waals surface area contributed by atoms with Crippen LogP contribution >= 0.6 is 0 Å². The summed E-state index contributed by atoms with van der Waals surface area (Å²) in [6.07, 6.45) is 3.59. The molecule has 1 heterocycles. The smallest absolute Gasteiger partial charge is 0.0922 e. The first-order valence-corrected chi connectivity index (χ1v) is 5.56. The van der Waals surface area contributed by atoms with Crippen molar-refractivity contribution in [2.24, 2.45) is 0 Å². The van der Waals surface area contributed by atoms with E-state index in [0.717, 1.165) is 12.2 Å². The Labute approximate surface area is 96.1 Å². The van der Waals surface area contributed by atoms with Crippen molar-refractivity contribution in [1.82, 2.24) is 9.97 Å². The van der Waals surface area contributed by atoms with Crippen molar-refractivity contribution < 1.29 is 0 Å². The second-order valence-corrected chi connectivity index (χ2v) is 4.13. The van der Waals surface area contributed by atoms with Gasteiger partial charge in [0.15, 0.2) is 0 Å². The highest BCUT2D eigenvalue weighted by Crippen LogP contribution is 2.18. The Morgan fingerprint density at radius 2 is 2.00 bits per heavy atom. The van der Waals surface area contributed by atoms with E-state index in [2.05, 4.69) is 53.0 Å². The van der Waals surface area contributed by atoms with Crippen molar-refractivity contribution >= 4 is 5.69 Å². The lowest BCUT2D eigenvalue weighted by molar-refractivity contribution is 0.675. The summed E-state index contributed by atoms with van der Waals surface area (Å²) in [6.45, 7) is 5.26. The molecule has 0 saturated carbocycles. The summed E-state index contributed by atoms with van der Waals surface area (Å²) in [6, 6.07) is 10.9. The number of benzene rings is 1. The van der Waals surface area contributed by atoms with Gasteiger partial charge >= 0.3 is 0 Å². The highest BCUT2D eigenvalue weighted by atomic mass is 15.2. The van der Waals surface area contributed by atoms with E-state index in [1.165, 1.54) is 5.69 Å². The van der Waals surface area contributed by atoms with E-state index in [4.69, 9.17) is 0 Å². The topological polar surface area (TPSA) is 31.9 Å². The summed E-state index contributed by atoms with van der Waals surface area (Å²) >= 11 is 0. The van der Waals surface area contributed by atoms with Gasteiger partial charge in [-0.15, -0.1) is 0 Å². The molecular formula is C13H17N3. The van der Waals surface area contributed by atoms with E-state index in [0.29, 0.717) is 6.04 Å². The van der Waals surface area contributed by atoms with Crippen molar-refractivity contribution in [3.05, 3.63) is 48.5 Å². The molecule has 0 spiro atoms. The summed E-state index contributed by atoms with van der Waals surface area (Å²) in [5, 5.41) is 0. The first-order chi connectivity index (χ1) is 7.77. The fourth-order valence-corrected chi connectivity index (χ4v) is 1.75. The number of nitrogens with zero attached hydrogens (tertiary/aromatic N) is 2. The second kappa shape index (κ2) is 4.84. The van der Waals surface area contributed by atoms with E-state index in [-0.39, 0.29) is 0 Å². The summed E-state index contributed by atoms with van der Waals surface area (Å²) in [5.74, 6) is 0. The van der Waals surface area contributed by atoms with Crippen LogP contribution in [-0.4, -0.2) is 16.0 Å². The predicted octanol–water partition coefficient (Wildman–Crippen LogP) is 2.82. The van der Waals surface area contributed by atoms with Crippen molar-refractivity contribution in [2.75, 3.05) is 4.90 Å². The fraction of sp³-hybridized carbons (Fsp3) is 0.308. The SMILES string of the molecule is CC(C)N(Cc1cnc[nH]1)c1ccccc1. The third kappa shape index (κ3) is 2.42. The molecule has 0 aliphatic rings. The molecule has 0 radical (unpaired) electrons. The van der Waals surface area contributed by atoms with Gasteiger partial charge in [-0.3, -0.25) is 0 Å². The number of para-hydroxylation sites is 1. The molecule has 2 aromatic rings. The van der Waals surface area contributed by atoms with Crippen molar-refractivity contribution in [3.63, 3.8) is 0 Å². The Bertz CT molecular complexity index is 406. The molecule has 0 saturated heterocycles. The summed E-state index contributed by atoms with van der Waals surface area (Å²) in [4.78, 5) is 9.53. The molecule has 16 heavy (non-hydrogen) atoms. The molecule has 0 atom stereocenters. The second-order valence-electron chi connectivity index (χ2n) is 4.13. The Kier molecular flexibility index (Phi) is 3.25. The monoisotopic (exact) mass is 215 g/mol. The van der Waals surface area contributed by atoms with Gasteiger partial charge in [0, 0.05) is 17.9 Å². The molecule has 0 aliphatic heterocycles. The number of imidazole rings is 1. The van der Waals surface area contributed by atoms with Gasteiger partial charge in [0.1, 0.15) is 0 Å². The highest BCUT2D eigenvalue weighted by Gasteiger charge is 2.11. The largest absolute Gasteiger partial charge is 0.363 e. The number of aromatic amines is 1. The van der Waals surface area contributed by atoms with Crippen LogP contribution in [0.2, 0.25) is 0 Å². The standard InChI is InChI=1S/C13H17N3/c1-11(2)16(9-12-8-14-10-15-12)13-6-4-3-5-7-13/h3-8,10-11H,9H2,1-2H3,(H,14,15). The van der Waals surface area contributed by atoms with Crippen LogP contribution < -0.4 is 4.90 Å². The van der Waals surface area contributed by atoms with Gasteiger partial charge in [-0.2, -0.15) is 0 Å². The zero-order valence-corrected chi connectivity index (χ0v) is 9.72. The van der Waals surface area contributed by atoms with Crippen molar-refractivity contribution in [3.8, 4) is 0 Å². The van der Waals surface area contributed by atoms with Crippen LogP contribution in [0.15, 0.2) is 42.9 Å². The molecule has 0 amide bonds. The van der Waals surface area contributed by atoms with Crippen LogP contribution in [-0.2, 0) is 6.54 Å². The number of aromatic nitrogens is 2. The lowest BCUT2D eigenvalue weighted by Crippen LogP contribution is -2.30. The van der Waals surface area contributed by atoms with Crippen LogP contribution in [0.25, 0.3) is 0 Å². The number of rotatable bonds is 4. The van der Waals surface area contributed by atoms with E-state index in [9.17, 15) is 0 Å². The van der Waals surface area contributed by atoms with E-state index in [1.54, 1.807) is 6.33 Å². The first-order valence-electron chi connectivity index (χ1n) is 5.56. The van der Waals surface area contributed by atoms with E-state index >= 15 is 0 Å². The Hall–Kier alpha value is -1.77. The van der Waals surface area contributed by atoms with Crippen LogP contribution in [0, 0.1) is 0 Å². The zero-order valence-electron chi connectivity index (χ0n) is 9.72. The summed E-state index contributed by atoms with van der Waals surface area (Å²) in [5.41, 5.74) is 2.38. The minimum atomic E-state index is 0.464. The lowest BCUT2D eigenvalue weighted by atomic mass is 10.2. The van der Waals surface area contributed by atoms with Gasteiger partial charge < -0.3 is 9.88 Å². The average molecular weight is 215 g/mol. The van der Waals surface area contributed by atoms with Crippen LogP contribution in [0.4, 0.5) is 5.69 Å². The maximum absolute atomic E-state index is 4.05. The van der Waals surface area contributed by atoms with Gasteiger partial charge in [-0.25, -0.2) is 4.98 Å². The zero-order chi connectivity index (χ0) is 11.4. The maximum Gasteiger partial charge on any atom is 0.0922 e. The van der Waals surface area contributed by atoms with Gasteiger partial charge in [0.25, 0.3) is 0 Å². The molecule has 1 N–H and O–H groups in total. The third-order valence-electron chi connectivity index (χ3n) is 2.61. The summed E-state index contributed by atoms with van der Waals surface area (Å²) in [7, 11) is 0. The van der Waals surface area contributed by atoms with Crippen LogP contribution in [0.5, 0.6) is 0 Å². The molecule has 84 valence electrons. The summed E-state index contributed by atoms with van der Waals surface area (Å²) < 4.78 is 0. The minimum Gasteiger partial charge on any atom is -0.363 e. The number of nitrogens with one attached hydrogen (secondary N) is 1. The Morgan fingerprint density at radius 3 is 2.56 bits per heavy atom. The molecule has 0 aliphatic carbocycles. The number of H-pyrrole nitrogens is 1. The molecule has 0 bridgehead atoms. The normalized spacial score (nSPS) is 10.7.